The number of unbranched alkanes of at least 4 members (excludes halogenated alkanes) is 5. The molecule has 0 aromatic heterocycles. The Kier molecular flexibility index (Phi) is 6.44. The second-order valence-corrected chi connectivity index (χ2v) is 7.40. The van der Waals surface area contributed by atoms with Crippen molar-refractivity contribution in [2.24, 2.45) is 0 Å². The second-order valence-electron chi connectivity index (χ2n) is 7.40. The number of hydrogen-bond donors (Lipinski definition) is 2. The van der Waals surface area contributed by atoms with E-state index in [0.717, 1.165) is 23.6 Å². The van der Waals surface area contributed by atoms with Crippen molar-refractivity contribution in [3.05, 3.63) is 29.3 Å². The highest BCUT2D eigenvalue weighted by Crippen LogP contribution is 2.29. The van der Waals surface area contributed by atoms with Gasteiger partial charge in [0.2, 0.25) is 11.8 Å². The third-order valence-electron chi connectivity index (χ3n) is 5.30. The summed E-state index contributed by atoms with van der Waals surface area (Å²) in [5.41, 5.74) is 1.40. The monoisotopic (exact) mass is 385 g/mol. The van der Waals surface area contributed by atoms with E-state index in [-0.39, 0.29) is 18.7 Å². The van der Waals surface area contributed by atoms with Crippen LogP contribution in [0, 0.1) is 0 Å². The van der Waals surface area contributed by atoms with Crippen LogP contribution in [0.2, 0.25) is 0 Å². The lowest BCUT2D eigenvalue weighted by atomic mass is 10.0. The zero-order chi connectivity index (χ0) is 20.1. The molecule has 2 aliphatic rings. The molecule has 7 nitrogen and oxygen atoms in total. The van der Waals surface area contributed by atoms with Crippen LogP contribution >= 0.6 is 0 Å². The Balaban J connectivity index is 1.60. The Hall–Kier alpha value is -2.70. The fourth-order valence-corrected chi connectivity index (χ4v) is 3.72. The SMILES string of the molecule is CCCCCCCCNc1ccc2c(c1)C(=O)N(C1CCC(=O)NC1=O)C2=O. The van der Waals surface area contributed by atoms with Gasteiger partial charge in [-0.05, 0) is 31.0 Å². The maximum Gasteiger partial charge on any atom is 0.262 e. The number of nitrogens with zero attached hydrogens (tertiary/aromatic N) is 1. The largest absolute Gasteiger partial charge is 0.385 e. The van der Waals surface area contributed by atoms with Crippen LogP contribution in [0.1, 0.15) is 79.0 Å². The van der Waals surface area contributed by atoms with Crippen LogP contribution in [0.15, 0.2) is 18.2 Å². The van der Waals surface area contributed by atoms with Gasteiger partial charge in [-0.15, -0.1) is 0 Å². The van der Waals surface area contributed by atoms with Gasteiger partial charge in [0, 0.05) is 18.7 Å². The van der Waals surface area contributed by atoms with E-state index >= 15 is 0 Å². The fraction of sp³-hybridized carbons (Fsp3) is 0.524. The zero-order valence-electron chi connectivity index (χ0n) is 16.3. The van der Waals surface area contributed by atoms with Crippen molar-refractivity contribution in [3.63, 3.8) is 0 Å². The van der Waals surface area contributed by atoms with Gasteiger partial charge < -0.3 is 5.32 Å². The molecule has 0 spiro atoms. The minimum Gasteiger partial charge on any atom is -0.385 e. The first-order valence-corrected chi connectivity index (χ1v) is 10.1. The Labute approximate surface area is 164 Å². The molecule has 1 saturated heterocycles. The molecule has 1 unspecified atom stereocenters. The van der Waals surface area contributed by atoms with Crippen LogP contribution in [0.3, 0.4) is 0 Å². The lowest BCUT2D eigenvalue weighted by Gasteiger charge is -2.27. The normalized spacial score (nSPS) is 19.0. The summed E-state index contributed by atoms with van der Waals surface area (Å²) in [6.45, 7) is 3.01. The molecule has 0 saturated carbocycles. The molecule has 1 fully saturated rings. The average Bonchev–Trinajstić information content (AvgIpc) is 2.92. The van der Waals surface area contributed by atoms with E-state index in [1.807, 2.05) is 0 Å². The van der Waals surface area contributed by atoms with Gasteiger partial charge >= 0.3 is 0 Å². The van der Waals surface area contributed by atoms with Crippen LogP contribution in [0.25, 0.3) is 0 Å². The Morgan fingerprint density at radius 3 is 2.46 bits per heavy atom. The predicted molar refractivity (Wildman–Crippen MR) is 105 cm³/mol. The Morgan fingerprint density at radius 1 is 1.00 bits per heavy atom. The predicted octanol–water partition coefficient (Wildman–Crippen LogP) is 2.86. The number of fused-ring (bicyclic) bond motifs is 1. The standard InChI is InChI=1S/C21H27N3O4/c1-2-3-4-5-6-7-12-22-14-8-9-15-16(13-14)21(28)24(20(15)27)17-10-11-18(25)23-19(17)26/h8-9,13,17,22H,2-7,10-12H2,1H3,(H,23,25,26). The molecule has 3 rings (SSSR count). The Bertz CT molecular complexity index is 790. The summed E-state index contributed by atoms with van der Waals surface area (Å²) in [4.78, 5) is 49.8. The van der Waals surface area contributed by atoms with Crippen molar-refractivity contribution in [2.75, 3.05) is 11.9 Å². The van der Waals surface area contributed by atoms with E-state index in [9.17, 15) is 19.2 Å². The molecular formula is C21H27N3O4. The third-order valence-corrected chi connectivity index (χ3v) is 5.30. The van der Waals surface area contributed by atoms with Gasteiger partial charge in [0.05, 0.1) is 11.1 Å². The molecule has 2 N–H and O–H groups in total. The summed E-state index contributed by atoms with van der Waals surface area (Å²) in [7, 11) is 0. The summed E-state index contributed by atoms with van der Waals surface area (Å²) in [6.07, 6.45) is 7.51. The molecular weight excluding hydrogens is 358 g/mol. The maximum atomic E-state index is 12.8. The molecule has 1 aromatic rings. The van der Waals surface area contributed by atoms with Gasteiger partial charge in [-0.3, -0.25) is 29.4 Å². The van der Waals surface area contributed by atoms with E-state index in [0.29, 0.717) is 11.1 Å². The molecule has 0 aliphatic carbocycles. The topological polar surface area (TPSA) is 95.6 Å². The molecule has 1 aromatic carbocycles. The molecule has 2 heterocycles. The van der Waals surface area contributed by atoms with Crippen molar-refractivity contribution >= 4 is 29.3 Å². The minimum absolute atomic E-state index is 0.120. The van der Waals surface area contributed by atoms with Gasteiger partial charge in [-0.1, -0.05) is 39.0 Å². The molecule has 150 valence electrons. The summed E-state index contributed by atoms with van der Waals surface area (Å²) < 4.78 is 0. The smallest absolute Gasteiger partial charge is 0.262 e. The van der Waals surface area contributed by atoms with Crippen molar-refractivity contribution in [1.82, 2.24) is 10.2 Å². The van der Waals surface area contributed by atoms with Crippen molar-refractivity contribution in [2.45, 2.75) is 64.3 Å². The third kappa shape index (κ3) is 4.24. The number of hydrogen-bond acceptors (Lipinski definition) is 5. The highest BCUT2D eigenvalue weighted by Gasteiger charge is 2.44. The number of anilines is 1. The van der Waals surface area contributed by atoms with Crippen LogP contribution < -0.4 is 10.6 Å². The van der Waals surface area contributed by atoms with E-state index in [1.165, 1.54) is 32.1 Å². The molecule has 4 amide bonds. The maximum absolute atomic E-state index is 12.8. The minimum atomic E-state index is -0.926. The molecule has 1 atom stereocenters. The highest BCUT2D eigenvalue weighted by molar-refractivity contribution is 6.23. The quantitative estimate of drug-likeness (QED) is 0.503. The van der Waals surface area contributed by atoms with E-state index in [2.05, 4.69) is 17.6 Å². The first kappa shape index (κ1) is 20.0. The number of amides is 4. The summed E-state index contributed by atoms with van der Waals surface area (Å²) in [5.74, 6) is -1.92. The van der Waals surface area contributed by atoms with Crippen LogP contribution in [-0.2, 0) is 9.59 Å². The van der Waals surface area contributed by atoms with Crippen LogP contribution in [-0.4, -0.2) is 41.1 Å². The molecule has 0 bridgehead atoms. The highest BCUT2D eigenvalue weighted by atomic mass is 16.2. The molecule has 0 radical (unpaired) electrons. The second kappa shape index (κ2) is 8.99. The lowest BCUT2D eigenvalue weighted by Crippen LogP contribution is -2.54. The van der Waals surface area contributed by atoms with Gasteiger partial charge in [0.1, 0.15) is 6.04 Å². The number of carbonyl (C=O) groups excluding carboxylic acids is 4. The van der Waals surface area contributed by atoms with Crippen LogP contribution in [0.5, 0.6) is 0 Å². The molecule has 28 heavy (non-hydrogen) atoms. The fourth-order valence-electron chi connectivity index (χ4n) is 3.72. The number of piperidine rings is 1. The average molecular weight is 385 g/mol. The number of benzene rings is 1. The van der Waals surface area contributed by atoms with Crippen molar-refractivity contribution in [3.8, 4) is 0 Å². The lowest BCUT2D eigenvalue weighted by molar-refractivity contribution is -0.136. The van der Waals surface area contributed by atoms with Crippen molar-refractivity contribution in [1.29, 1.82) is 0 Å². The summed E-state index contributed by atoms with van der Waals surface area (Å²) in [6, 6.07) is 4.17. The number of imide groups is 2. The van der Waals surface area contributed by atoms with Gasteiger partial charge in [-0.25, -0.2) is 0 Å². The van der Waals surface area contributed by atoms with E-state index in [4.69, 9.17) is 0 Å². The van der Waals surface area contributed by atoms with Gasteiger partial charge in [0.25, 0.3) is 11.8 Å². The summed E-state index contributed by atoms with van der Waals surface area (Å²) >= 11 is 0. The van der Waals surface area contributed by atoms with Gasteiger partial charge in [-0.2, -0.15) is 0 Å². The van der Waals surface area contributed by atoms with Crippen molar-refractivity contribution < 1.29 is 19.2 Å². The van der Waals surface area contributed by atoms with E-state index in [1.54, 1.807) is 18.2 Å². The van der Waals surface area contributed by atoms with Gasteiger partial charge in [0.15, 0.2) is 0 Å². The molecule has 2 aliphatic heterocycles. The first-order chi connectivity index (χ1) is 13.5. The summed E-state index contributed by atoms with van der Waals surface area (Å²) in [5, 5.41) is 5.51. The zero-order valence-corrected chi connectivity index (χ0v) is 16.3. The number of rotatable bonds is 9. The Morgan fingerprint density at radius 2 is 1.71 bits per heavy atom. The molecule has 7 heteroatoms. The van der Waals surface area contributed by atoms with E-state index < -0.39 is 23.8 Å². The number of carbonyl (C=O) groups is 4. The first-order valence-electron chi connectivity index (χ1n) is 10.1. The van der Waals surface area contributed by atoms with Crippen LogP contribution in [0.4, 0.5) is 5.69 Å². The number of nitrogens with one attached hydrogen (secondary N) is 2.